The smallest absolute Gasteiger partial charge is 0.336 e. The Morgan fingerprint density at radius 1 is 1.00 bits per heavy atom. The fraction of sp³-hybridized carbons (Fsp3) is 0.281. The largest absolute Gasteiger partial charge is 0.489 e. The van der Waals surface area contributed by atoms with E-state index in [0.717, 1.165) is 46.5 Å². The van der Waals surface area contributed by atoms with Crippen molar-refractivity contribution in [3.05, 3.63) is 106 Å². The number of carbonyl (C=O) groups is 2. The Morgan fingerprint density at radius 3 is 2.44 bits per heavy atom. The molecular formula is C32H32N2O5. The van der Waals surface area contributed by atoms with Crippen LogP contribution in [0.2, 0.25) is 0 Å². The minimum absolute atomic E-state index is 0.00457. The van der Waals surface area contributed by atoms with Gasteiger partial charge in [0.15, 0.2) is 0 Å². The average molecular weight is 525 g/mol. The quantitative estimate of drug-likeness (QED) is 0.234. The summed E-state index contributed by atoms with van der Waals surface area (Å²) in [6, 6.07) is 18.8. The molecule has 3 aromatic carbocycles. The zero-order chi connectivity index (χ0) is 27.7. The lowest BCUT2D eigenvalue weighted by molar-refractivity contribution is 0.0695. The first-order valence-corrected chi connectivity index (χ1v) is 13.2. The first-order chi connectivity index (χ1) is 18.7. The van der Waals surface area contributed by atoms with Gasteiger partial charge >= 0.3 is 11.9 Å². The van der Waals surface area contributed by atoms with Crippen LogP contribution in [0.25, 0.3) is 11.3 Å². The molecule has 2 N–H and O–H groups in total. The molecule has 0 radical (unpaired) electrons. The maximum absolute atomic E-state index is 11.9. The van der Waals surface area contributed by atoms with Gasteiger partial charge in [-0.25, -0.2) is 9.59 Å². The van der Waals surface area contributed by atoms with E-state index in [4.69, 9.17) is 4.74 Å². The number of ether oxygens (including phenoxy) is 1. The van der Waals surface area contributed by atoms with Crippen molar-refractivity contribution < 1.29 is 24.5 Å². The van der Waals surface area contributed by atoms with Gasteiger partial charge in [0.2, 0.25) is 0 Å². The van der Waals surface area contributed by atoms with E-state index in [0.29, 0.717) is 30.6 Å². The first-order valence-electron chi connectivity index (χ1n) is 13.2. The first kappa shape index (κ1) is 26.2. The Balaban J connectivity index is 1.41. The zero-order valence-electron chi connectivity index (χ0n) is 22.3. The van der Waals surface area contributed by atoms with Crippen LogP contribution in [0.4, 0.5) is 0 Å². The van der Waals surface area contributed by atoms with Gasteiger partial charge in [-0.3, -0.25) is 4.68 Å². The number of nitrogens with zero attached hydrogens (tertiary/aromatic N) is 2. The van der Waals surface area contributed by atoms with E-state index in [1.165, 1.54) is 17.7 Å². The molecule has 1 aliphatic carbocycles. The molecular weight excluding hydrogens is 492 g/mol. The Kier molecular flexibility index (Phi) is 7.24. The summed E-state index contributed by atoms with van der Waals surface area (Å²) >= 11 is 0. The highest BCUT2D eigenvalue weighted by Gasteiger charge is 2.27. The summed E-state index contributed by atoms with van der Waals surface area (Å²) in [5, 5.41) is 23.7. The molecule has 0 bridgehead atoms. The van der Waals surface area contributed by atoms with Crippen LogP contribution in [0.1, 0.15) is 87.2 Å². The molecule has 7 heteroatoms. The minimum atomic E-state index is -1.15. The zero-order valence-corrected chi connectivity index (χ0v) is 22.3. The van der Waals surface area contributed by atoms with Crippen molar-refractivity contribution in [3.8, 4) is 17.0 Å². The monoisotopic (exact) mass is 524 g/mol. The van der Waals surface area contributed by atoms with Gasteiger partial charge in [0.05, 0.1) is 16.8 Å². The molecule has 7 nitrogen and oxygen atoms in total. The van der Waals surface area contributed by atoms with E-state index in [9.17, 15) is 19.8 Å². The fourth-order valence-corrected chi connectivity index (χ4v) is 4.94. The van der Waals surface area contributed by atoms with Gasteiger partial charge in [-0.15, -0.1) is 0 Å². The number of carboxylic acid groups (broad SMARTS) is 2. The van der Waals surface area contributed by atoms with Crippen molar-refractivity contribution in [1.29, 1.82) is 0 Å². The van der Waals surface area contributed by atoms with E-state index in [-0.39, 0.29) is 11.1 Å². The molecule has 1 aromatic heterocycles. The number of hydrogen-bond donors (Lipinski definition) is 2. The van der Waals surface area contributed by atoms with E-state index in [2.05, 4.69) is 31.1 Å². The highest BCUT2D eigenvalue weighted by atomic mass is 16.5. The summed E-state index contributed by atoms with van der Waals surface area (Å²) in [4.78, 5) is 23.3. The molecule has 0 spiro atoms. The van der Waals surface area contributed by atoms with Crippen LogP contribution in [-0.2, 0) is 13.0 Å². The number of hydrogen-bond acceptors (Lipinski definition) is 4. The van der Waals surface area contributed by atoms with Crippen molar-refractivity contribution in [2.75, 3.05) is 0 Å². The Bertz CT molecular complexity index is 1550. The fourth-order valence-electron chi connectivity index (χ4n) is 4.94. The highest BCUT2D eigenvalue weighted by Crippen LogP contribution is 2.43. The van der Waals surface area contributed by atoms with Crippen molar-refractivity contribution in [3.63, 3.8) is 0 Å². The summed E-state index contributed by atoms with van der Waals surface area (Å²) in [6.07, 6.45) is 4.61. The molecule has 0 unspecified atom stereocenters. The minimum Gasteiger partial charge on any atom is -0.489 e. The lowest BCUT2D eigenvalue weighted by Crippen LogP contribution is -2.09. The predicted molar refractivity (Wildman–Crippen MR) is 149 cm³/mol. The molecule has 1 aliphatic rings. The van der Waals surface area contributed by atoms with Gasteiger partial charge in [0.25, 0.3) is 0 Å². The van der Waals surface area contributed by atoms with Crippen molar-refractivity contribution >= 4 is 11.9 Å². The van der Waals surface area contributed by atoms with E-state index >= 15 is 0 Å². The maximum Gasteiger partial charge on any atom is 0.336 e. The molecule has 1 saturated carbocycles. The van der Waals surface area contributed by atoms with Gasteiger partial charge in [-0.2, -0.15) is 5.10 Å². The number of rotatable bonds is 10. The number of aromatic carboxylic acids is 2. The van der Waals surface area contributed by atoms with E-state index < -0.39 is 11.9 Å². The number of benzene rings is 3. The van der Waals surface area contributed by atoms with Crippen molar-refractivity contribution in [1.82, 2.24) is 9.78 Å². The van der Waals surface area contributed by atoms with Gasteiger partial charge in [-0.1, -0.05) is 24.3 Å². The van der Waals surface area contributed by atoms with Crippen LogP contribution in [0.15, 0.2) is 66.9 Å². The molecule has 5 rings (SSSR count). The third-order valence-corrected chi connectivity index (χ3v) is 7.27. The average Bonchev–Trinajstić information content (AvgIpc) is 3.63. The SMILES string of the molecule is Cc1cc(-c2ccn(C(C)C)n2)ccc1OCc1c(Cc2ccc(C(=O)O)cc2C(=O)O)cccc1C1CC1. The lowest BCUT2D eigenvalue weighted by Gasteiger charge is -2.18. The molecule has 4 aromatic rings. The van der Waals surface area contributed by atoms with Crippen LogP contribution >= 0.6 is 0 Å². The van der Waals surface area contributed by atoms with Crippen LogP contribution in [-0.4, -0.2) is 31.9 Å². The Labute approximate surface area is 227 Å². The molecule has 1 heterocycles. The van der Waals surface area contributed by atoms with Gasteiger partial charge in [0.1, 0.15) is 12.4 Å². The standard InChI is InChI=1S/C32H32N2O5/c1-19(2)34-14-13-29(33-34)24-11-12-30(20(3)15-24)39-18-28-22(5-4-6-26(28)21-7-8-21)16-23-9-10-25(31(35)36)17-27(23)32(37)38/h4-6,9-15,17,19,21H,7-8,16,18H2,1-3H3,(H,35,36)(H,37,38). The topological polar surface area (TPSA) is 102 Å². The highest BCUT2D eigenvalue weighted by molar-refractivity contribution is 5.95. The van der Waals surface area contributed by atoms with Gasteiger partial charge in [0, 0.05) is 17.8 Å². The van der Waals surface area contributed by atoms with Crippen LogP contribution in [0.3, 0.4) is 0 Å². The second-order valence-electron chi connectivity index (χ2n) is 10.5. The van der Waals surface area contributed by atoms with E-state index in [1.807, 2.05) is 48.1 Å². The number of carboxylic acids is 2. The summed E-state index contributed by atoms with van der Waals surface area (Å²) < 4.78 is 8.30. The molecule has 39 heavy (non-hydrogen) atoms. The van der Waals surface area contributed by atoms with Crippen LogP contribution < -0.4 is 4.74 Å². The summed E-state index contributed by atoms with van der Waals surface area (Å²) in [7, 11) is 0. The normalized spacial score (nSPS) is 13.0. The summed E-state index contributed by atoms with van der Waals surface area (Å²) in [5.41, 5.74) is 6.78. The third kappa shape index (κ3) is 5.72. The Morgan fingerprint density at radius 2 is 1.79 bits per heavy atom. The van der Waals surface area contributed by atoms with E-state index in [1.54, 1.807) is 6.07 Å². The molecule has 0 aliphatic heterocycles. The molecule has 1 fully saturated rings. The third-order valence-electron chi connectivity index (χ3n) is 7.27. The molecule has 0 saturated heterocycles. The second kappa shape index (κ2) is 10.8. The lowest BCUT2D eigenvalue weighted by atomic mass is 9.91. The predicted octanol–water partition coefficient (Wildman–Crippen LogP) is 6.88. The van der Waals surface area contributed by atoms with Crippen LogP contribution in [0.5, 0.6) is 5.75 Å². The van der Waals surface area contributed by atoms with Crippen molar-refractivity contribution in [2.45, 2.75) is 58.6 Å². The number of aryl methyl sites for hydroxylation is 1. The molecule has 0 amide bonds. The second-order valence-corrected chi connectivity index (χ2v) is 10.5. The van der Waals surface area contributed by atoms with Gasteiger partial charge < -0.3 is 14.9 Å². The summed E-state index contributed by atoms with van der Waals surface area (Å²) in [5.74, 6) is -1.02. The van der Waals surface area contributed by atoms with Crippen LogP contribution in [0, 0.1) is 6.92 Å². The van der Waals surface area contributed by atoms with Gasteiger partial charge in [-0.05, 0) is 110 Å². The summed E-state index contributed by atoms with van der Waals surface area (Å²) in [6.45, 7) is 6.58. The van der Waals surface area contributed by atoms with Crippen molar-refractivity contribution in [2.24, 2.45) is 0 Å². The molecule has 200 valence electrons. The molecule has 0 atom stereocenters. The number of aromatic nitrogens is 2. The Hall–Kier alpha value is -4.39. The maximum atomic E-state index is 11.9.